The number of guanidine groups is 1. The van der Waals surface area contributed by atoms with Crippen LogP contribution in [0.2, 0.25) is 0 Å². The summed E-state index contributed by atoms with van der Waals surface area (Å²) in [6.45, 7) is 4.50. The van der Waals surface area contributed by atoms with Gasteiger partial charge in [0.2, 0.25) is 0 Å². The number of methoxy groups -OCH3 is 1. The van der Waals surface area contributed by atoms with E-state index in [2.05, 4.69) is 34.7 Å². The summed E-state index contributed by atoms with van der Waals surface area (Å²) in [4.78, 5) is 4.62. The van der Waals surface area contributed by atoms with Crippen molar-refractivity contribution in [2.75, 3.05) is 26.7 Å². The average molecular weight is 329 g/mol. The Bertz CT molecular complexity index is 609. The van der Waals surface area contributed by atoms with Gasteiger partial charge in [-0.15, -0.1) is 0 Å². The van der Waals surface area contributed by atoms with Crippen LogP contribution in [0.5, 0.6) is 5.75 Å². The molecule has 2 aromatic rings. The highest BCUT2D eigenvalue weighted by molar-refractivity contribution is 5.79. The summed E-state index contributed by atoms with van der Waals surface area (Å²) < 4.78 is 10.6. The standard InChI is InChI=1S/C19H27N3O2/c1-3-20-19(22-13-11-17-10-6-14-24-17)21-12-5-8-16-7-4-9-18(15-16)23-2/h4,6-7,9-10,14-15H,3,5,8,11-13H2,1-2H3,(H2,20,21,22). The number of hydrogen-bond donors (Lipinski definition) is 2. The number of nitrogens with zero attached hydrogens (tertiary/aromatic N) is 1. The molecule has 0 radical (unpaired) electrons. The van der Waals surface area contributed by atoms with Crippen LogP contribution in [0.4, 0.5) is 0 Å². The van der Waals surface area contributed by atoms with Gasteiger partial charge in [0.15, 0.2) is 5.96 Å². The minimum absolute atomic E-state index is 0.785. The van der Waals surface area contributed by atoms with Gasteiger partial charge in [-0.3, -0.25) is 4.99 Å². The third-order valence-electron chi connectivity index (χ3n) is 3.62. The number of hydrogen-bond acceptors (Lipinski definition) is 3. The molecule has 0 amide bonds. The Hall–Kier alpha value is -2.43. The van der Waals surface area contributed by atoms with E-state index in [1.165, 1.54) is 5.56 Å². The van der Waals surface area contributed by atoms with Gasteiger partial charge in [-0.2, -0.15) is 0 Å². The van der Waals surface area contributed by atoms with E-state index in [1.807, 2.05) is 24.3 Å². The van der Waals surface area contributed by atoms with Gasteiger partial charge in [-0.1, -0.05) is 12.1 Å². The van der Waals surface area contributed by atoms with Crippen LogP contribution in [0, 0.1) is 0 Å². The summed E-state index contributed by atoms with van der Waals surface area (Å²) in [6.07, 6.45) is 4.54. The van der Waals surface area contributed by atoms with Crippen molar-refractivity contribution in [2.45, 2.75) is 26.2 Å². The maximum atomic E-state index is 5.33. The van der Waals surface area contributed by atoms with Crippen molar-refractivity contribution in [1.82, 2.24) is 10.6 Å². The molecule has 0 aliphatic carbocycles. The summed E-state index contributed by atoms with van der Waals surface area (Å²) in [5, 5.41) is 6.60. The van der Waals surface area contributed by atoms with E-state index in [0.717, 1.165) is 56.4 Å². The molecule has 0 spiro atoms. The van der Waals surface area contributed by atoms with Crippen LogP contribution in [0.3, 0.4) is 0 Å². The number of furan rings is 1. The van der Waals surface area contributed by atoms with E-state index in [4.69, 9.17) is 9.15 Å². The molecule has 2 rings (SSSR count). The fourth-order valence-corrected chi connectivity index (χ4v) is 2.40. The second kappa shape index (κ2) is 10.4. The normalized spacial score (nSPS) is 11.3. The molecule has 0 aliphatic rings. The molecule has 2 N–H and O–H groups in total. The topological polar surface area (TPSA) is 58.8 Å². The first-order valence-corrected chi connectivity index (χ1v) is 8.49. The van der Waals surface area contributed by atoms with Gasteiger partial charge in [0.05, 0.1) is 13.4 Å². The van der Waals surface area contributed by atoms with Crippen LogP contribution in [0.25, 0.3) is 0 Å². The molecule has 130 valence electrons. The number of rotatable bonds is 9. The molecular formula is C19H27N3O2. The molecule has 5 heteroatoms. The summed E-state index contributed by atoms with van der Waals surface area (Å²) in [6, 6.07) is 12.1. The van der Waals surface area contributed by atoms with E-state index >= 15 is 0 Å². The first kappa shape index (κ1) is 17.9. The predicted molar refractivity (Wildman–Crippen MR) is 97.7 cm³/mol. The monoisotopic (exact) mass is 329 g/mol. The van der Waals surface area contributed by atoms with Crippen molar-refractivity contribution in [2.24, 2.45) is 4.99 Å². The summed E-state index contributed by atoms with van der Waals surface area (Å²) in [7, 11) is 1.69. The number of nitrogens with one attached hydrogen (secondary N) is 2. The molecular weight excluding hydrogens is 302 g/mol. The van der Waals surface area contributed by atoms with Crippen molar-refractivity contribution in [3.63, 3.8) is 0 Å². The molecule has 0 saturated heterocycles. The minimum atomic E-state index is 0.785. The Balaban J connectivity index is 1.73. The zero-order valence-electron chi connectivity index (χ0n) is 14.5. The smallest absolute Gasteiger partial charge is 0.191 e. The molecule has 0 bridgehead atoms. The van der Waals surface area contributed by atoms with Crippen LogP contribution in [0.1, 0.15) is 24.7 Å². The summed E-state index contributed by atoms with van der Waals surface area (Å²) in [5.41, 5.74) is 1.28. The summed E-state index contributed by atoms with van der Waals surface area (Å²) >= 11 is 0. The lowest BCUT2D eigenvalue weighted by molar-refractivity contribution is 0.414. The van der Waals surface area contributed by atoms with Gasteiger partial charge in [0, 0.05) is 26.1 Å². The van der Waals surface area contributed by atoms with Crippen LogP contribution < -0.4 is 15.4 Å². The lowest BCUT2D eigenvalue weighted by Crippen LogP contribution is -2.38. The highest BCUT2D eigenvalue weighted by Gasteiger charge is 2.00. The third kappa shape index (κ3) is 6.36. The molecule has 1 aromatic carbocycles. The number of aliphatic imine (C=N–C) groups is 1. The first-order chi connectivity index (χ1) is 11.8. The first-order valence-electron chi connectivity index (χ1n) is 8.49. The molecule has 1 heterocycles. The van der Waals surface area contributed by atoms with Crippen LogP contribution in [0.15, 0.2) is 52.1 Å². The SMILES string of the molecule is CCNC(=NCCCc1cccc(OC)c1)NCCc1ccco1. The molecule has 0 saturated carbocycles. The van der Waals surface area contributed by atoms with Crippen LogP contribution >= 0.6 is 0 Å². The third-order valence-corrected chi connectivity index (χ3v) is 3.62. The summed E-state index contributed by atoms with van der Waals surface area (Å²) in [5.74, 6) is 2.75. The molecule has 1 aromatic heterocycles. The molecule has 24 heavy (non-hydrogen) atoms. The molecule has 0 aliphatic heterocycles. The second-order valence-electron chi connectivity index (χ2n) is 5.47. The quantitative estimate of drug-likeness (QED) is 0.422. The predicted octanol–water partition coefficient (Wildman–Crippen LogP) is 3.02. The molecule has 0 fully saturated rings. The highest BCUT2D eigenvalue weighted by atomic mass is 16.5. The Kier molecular flexibility index (Phi) is 7.74. The molecule has 5 nitrogen and oxygen atoms in total. The van der Waals surface area contributed by atoms with E-state index in [1.54, 1.807) is 13.4 Å². The fourth-order valence-electron chi connectivity index (χ4n) is 2.40. The highest BCUT2D eigenvalue weighted by Crippen LogP contribution is 2.13. The van der Waals surface area contributed by atoms with E-state index in [0.29, 0.717) is 0 Å². The number of benzene rings is 1. The molecule has 0 unspecified atom stereocenters. The maximum Gasteiger partial charge on any atom is 0.191 e. The van der Waals surface area contributed by atoms with Gasteiger partial charge in [0.25, 0.3) is 0 Å². The largest absolute Gasteiger partial charge is 0.497 e. The van der Waals surface area contributed by atoms with Gasteiger partial charge in [-0.05, 0) is 49.6 Å². The zero-order valence-corrected chi connectivity index (χ0v) is 14.5. The van der Waals surface area contributed by atoms with Crippen molar-refractivity contribution >= 4 is 5.96 Å². The van der Waals surface area contributed by atoms with Gasteiger partial charge in [0.1, 0.15) is 11.5 Å². The molecule has 0 atom stereocenters. The fraction of sp³-hybridized carbons (Fsp3) is 0.421. The van der Waals surface area contributed by atoms with Crippen molar-refractivity contribution in [3.05, 3.63) is 54.0 Å². The van der Waals surface area contributed by atoms with E-state index in [-0.39, 0.29) is 0 Å². The lowest BCUT2D eigenvalue weighted by Gasteiger charge is -2.10. The van der Waals surface area contributed by atoms with Gasteiger partial charge < -0.3 is 19.8 Å². The minimum Gasteiger partial charge on any atom is -0.497 e. The van der Waals surface area contributed by atoms with E-state index in [9.17, 15) is 0 Å². The Morgan fingerprint density at radius 2 is 2.08 bits per heavy atom. The Labute approximate surface area is 144 Å². The van der Waals surface area contributed by atoms with E-state index < -0.39 is 0 Å². The maximum absolute atomic E-state index is 5.33. The number of ether oxygens (including phenoxy) is 1. The lowest BCUT2D eigenvalue weighted by atomic mass is 10.1. The van der Waals surface area contributed by atoms with Crippen LogP contribution in [-0.2, 0) is 12.8 Å². The number of aryl methyl sites for hydroxylation is 1. The zero-order chi connectivity index (χ0) is 17.0. The van der Waals surface area contributed by atoms with Gasteiger partial charge in [-0.25, -0.2) is 0 Å². The Morgan fingerprint density at radius 3 is 2.83 bits per heavy atom. The van der Waals surface area contributed by atoms with Crippen molar-refractivity contribution < 1.29 is 9.15 Å². The van der Waals surface area contributed by atoms with Crippen LogP contribution in [-0.4, -0.2) is 32.7 Å². The van der Waals surface area contributed by atoms with Gasteiger partial charge >= 0.3 is 0 Å². The average Bonchev–Trinajstić information content (AvgIpc) is 3.12. The van der Waals surface area contributed by atoms with Crippen molar-refractivity contribution in [3.8, 4) is 5.75 Å². The second-order valence-corrected chi connectivity index (χ2v) is 5.47. The van der Waals surface area contributed by atoms with Crippen molar-refractivity contribution in [1.29, 1.82) is 0 Å². The Morgan fingerprint density at radius 1 is 1.17 bits per heavy atom.